The van der Waals surface area contributed by atoms with Crippen molar-refractivity contribution < 1.29 is 9.53 Å². The average Bonchev–Trinajstić information content (AvgIpc) is 2.81. The number of methoxy groups -OCH3 is 1. The lowest BCUT2D eigenvalue weighted by Gasteiger charge is -2.20. The van der Waals surface area contributed by atoms with Gasteiger partial charge in [-0.2, -0.15) is 0 Å². The van der Waals surface area contributed by atoms with Crippen LogP contribution >= 0.6 is 0 Å². The number of nitrogens with two attached hydrogens (primary N) is 1. The summed E-state index contributed by atoms with van der Waals surface area (Å²) in [7, 11) is 1.66. The van der Waals surface area contributed by atoms with E-state index in [-0.39, 0.29) is 11.9 Å². The van der Waals surface area contributed by atoms with E-state index in [2.05, 4.69) is 5.32 Å². The van der Waals surface area contributed by atoms with E-state index in [0.29, 0.717) is 19.6 Å². The van der Waals surface area contributed by atoms with Gasteiger partial charge in [-0.25, -0.2) is 0 Å². The van der Waals surface area contributed by atoms with Crippen LogP contribution in [0.4, 0.5) is 0 Å². The number of likely N-dealkylation sites (tertiary alicyclic amines) is 1. The summed E-state index contributed by atoms with van der Waals surface area (Å²) in [6.45, 7) is 3.70. The Bertz CT molecular complexity index is 205. The highest BCUT2D eigenvalue weighted by Crippen LogP contribution is 2.09. The zero-order valence-electron chi connectivity index (χ0n) is 10.1. The molecule has 0 aromatic heterocycles. The van der Waals surface area contributed by atoms with Gasteiger partial charge in [0, 0.05) is 45.8 Å². The van der Waals surface area contributed by atoms with Crippen molar-refractivity contribution in [1.82, 2.24) is 10.2 Å². The Morgan fingerprint density at radius 1 is 1.50 bits per heavy atom. The molecule has 0 aromatic rings. The van der Waals surface area contributed by atoms with Crippen molar-refractivity contribution in [2.75, 3.05) is 39.9 Å². The molecule has 1 aliphatic heterocycles. The minimum atomic E-state index is 0.0725. The molecule has 1 rings (SSSR count). The number of carbonyl (C=O) groups excluding carboxylic acids is 1. The first-order valence-electron chi connectivity index (χ1n) is 5.98. The number of nitrogens with one attached hydrogen (secondary N) is 1. The van der Waals surface area contributed by atoms with Crippen molar-refractivity contribution in [3.8, 4) is 0 Å². The SMILES string of the molecule is COCCNC(CN)CC(=O)N1CCCC1. The molecule has 5 nitrogen and oxygen atoms in total. The molecule has 94 valence electrons. The van der Waals surface area contributed by atoms with Gasteiger partial charge in [0.05, 0.1) is 6.61 Å². The second-order valence-electron chi connectivity index (χ2n) is 4.17. The number of hydrogen-bond donors (Lipinski definition) is 2. The van der Waals surface area contributed by atoms with Gasteiger partial charge in [-0.05, 0) is 12.8 Å². The van der Waals surface area contributed by atoms with E-state index in [4.69, 9.17) is 10.5 Å². The average molecular weight is 229 g/mol. The molecule has 0 aromatic carbocycles. The first-order valence-corrected chi connectivity index (χ1v) is 5.98. The van der Waals surface area contributed by atoms with Crippen LogP contribution < -0.4 is 11.1 Å². The summed E-state index contributed by atoms with van der Waals surface area (Å²) in [6, 6.07) is 0.0725. The van der Waals surface area contributed by atoms with Gasteiger partial charge in [-0.1, -0.05) is 0 Å². The zero-order valence-corrected chi connectivity index (χ0v) is 10.1. The summed E-state index contributed by atoms with van der Waals surface area (Å²) in [5.74, 6) is 0.220. The Balaban J connectivity index is 2.22. The first-order chi connectivity index (χ1) is 7.77. The Kier molecular flexibility index (Phi) is 6.37. The highest BCUT2D eigenvalue weighted by molar-refractivity contribution is 5.77. The predicted octanol–water partition coefficient (Wildman–Crippen LogP) is -0.438. The third kappa shape index (κ3) is 4.47. The van der Waals surface area contributed by atoms with Gasteiger partial charge >= 0.3 is 0 Å². The van der Waals surface area contributed by atoms with Crippen LogP contribution in [-0.4, -0.2) is 56.7 Å². The fourth-order valence-electron chi connectivity index (χ4n) is 1.91. The maximum atomic E-state index is 11.8. The molecule has 1 heterocycles. The van der Waals surface area contributed by atoms with Crippen LogP contribution in [0.3, 0.4) is 0 Å². The van der Waals surface area contributed by atoms with Crippen LogP contribution in [0, 0.1) is 0 Å². The van der Waals surface area contributed by atoms with Gasteiger partial charge in [0.2, 0.25) is 5.91 Å². The van der Waals surface area contributed by atoms with E-state index >= 15 is 0 Å². The maximum absolute atomic E-state index is 11.8. The third-order valence-electron chi connectivity index (χ3n) is 2.90. The summed E-state index contributed by atoms with van der Waals surface area (Å²) in [6.07, 6.45) is 2.77. The fraction of sp³-hybridized carbons (Fsp3) is 0.909. The second kappa shape index (κ2) is 7.60. The molecule has 1 aliphatic rings. The van der Waals surface area contributed by atoms with Crippen LogP contribution in [0.2, 0.25) is 0 Å². The van der Waals surface area contributed by atoms with Crippen molar-refractivity contribution in [3.05, 3.63) is 0 Å². The van der Waals surface area contributed by atoms with E-state index in [1.54, 1.807) is 7.11 Å². The Morgan fingerprint density at radius 3 is 2.75 bits per heavy atom. The highest BCUT2D eigenvalue weighted by atomic mass is 16.5. The molecule has 16 heavy (non-hydrogen) atoms. The van der Waals surface area contributed by atoms with Gasteiger partial charge < -0.3 is 20.7 Å². The molecule has 0 saturated carbocycles. The lowest BCUT2D eigenvalue weighted by molar-refractivity contribution is -0.130. The number of carbonyl (C=O) groups is 1. The summed E-state index contributed by atoms with van der Waals surface area (Å²) in [5.41, 5.74) is 5.63. The number of ether oxygens (including phenoxy) is 1. The van der Waals surface area contributed by atoms with E-state index in [0.717, 1.165) is 32.5 Å². The summed E-state index contributed by atoms with van der Waals surface area (Å²) in [4.78, 5) is 13.8. The van der Waals surface area contributed by atoms with E-state index in [1.807, 2.05) is 4.90 Å². The molecule has 0 spiro atoms. The van der Waals surface area contributed by atoms with Crippen LogP contribution in [0.15, 0.2) is 0 Å². The van der Waals surface area contributed by atoms with Crippen molar-refractivity contribution in [3.63, 3.8) is 0 Å². The van der Waals surface area contributed by atoms with Crippen LogP contribution in [0.5, 0.6) is 0 Å². The standard InChI is InChI=1S/C11H23N3O2/c1-16-7-4-13-10(9-12)8-11(15)14-5-2-3-6-14/h10,13H,2-9,12H2,1H3. The molecule has 0 bridgehead atoms. The number of nitrogens with zero attached hydrogens (tertiary/aromatic N) is 1. The first kappa shape index (κ1) is 13.4. The fourth-order valence-corrected chi connectivity index (χ4v) is 1.91. The van der Waals surface area contributed by atoms with E-state index in [9.17, 15) is 4.79 Å². The van der Waals surface area contributed by atoms with Crippen molar-refractivity contribution in [2.45, 2.75) is 25.3 Å². The number of amides is 1. The Labute approximate surface area is 97.3 Å². The second-order valence-corrected chi connectivity index (χ2v) is 4.17. The van der Waals surface area contributed by atoms with Crippen LogP contribution in [0.1, 0.15) is 19.3 Å². The van der Waals surface area contributed by atoms with Gasteiger partial charge in [0.15, 0.2) is 0 Å². The largest absolute Gasteiger partial charge is 0.383 e. The molecular formula is C11H23N3O2. The monoisotopic (exact) mass is 229 g/mol. The Hall–Kier alpha value is -0.650. The maximum Gasteiger partial charge on any atom is 0.224 e. The highest BCUT2D eigenvalue weighted by Gasteiger charge is 2.20. The summed E-state index contributed by atoms with van der Waals surface area (Å²) in [5, 5.41) is 3.23. The molecule has 0 aliphatic carbocycles. The Morgan fingerprint density at radius 2 is 2.19 bits per heavy atom. The molecule has 3 N–H and O–H groups in total. The van der Waals surface area contributed by atoms with Crippen LogP contribution in [-0.2, 0) is 9.53 Å². The molecule has 0 radical (unpaired) electrons. The molecular weight excluding hydrogens is 206 g/mol. The minimum absolute atomic E-state index is 0.0725. The lowest BCUT2D eigenvalue weighted by atomic mass is 10.2. The van der Waals surface area contributed by atoms with Gasteiger partial charge in [-0.3, -0.25) is 4.79 Å². The van der Waals surface area contributed by atoms with Crippen molar-refractivity contribution >= 4 is 5.91 Å². The van der Waals surface area contributed by atoms with E-state index in [1.165, 1.54) is 0 Å². The van der Waals surface area contributed by atoms with Gasteiger partial charge in [0.25, 0.3) is 0 Å². The normalized spacial score (nSPS) is 17.8. The molecule has 1 amide bonds. The molecule has 1 unspecified atom stereocenters. The quantitative estimate of drug-likeness (QED) is 0.581. The molecule has 1 saturated heterocycles. The van der Waals surface area contributed by atoms with Gasteiger partial charge in [-0.15, -0.1) is 0 Å². The van der Waals surface area contributed by atoms with Crippen LogP contribution in [0.25, 0.3) is 0 Å². The van der Waals surface area contributed by atoms with Crippen molar-refractivity contribution in [2.24, 2.45) is 5.73 Å². The lowest BCUT2D eigenvalue weighted by Crippen LogP contribution is -2.42. The van der Waals surface area contributed by atoms with Crippen molar-refractivity contribution in [1.29, 1.82) is 0 Å². The summed E-state index contributed by atoms with van der Waals surface area (Å²) >= 11 is 0. The number of rotatable bonds is 7. The smallest absolute Gasteiger partial charge is 0.224 e. The van der Waals surface area contributed by atoms with Gasteiger partial charge in [0.1, 0.15) is 0 Å². The molecule has 5 heteroatoms. The van der Waals surface area contributed by atoms with E-state index < -0.39 is 0 Å². The molecule has 1 fully saturated rings. The third-order valence-corrected chi connectivity index (χ3v) is 2.90. The summed E-state index contributed by atoms with van der Waals surface area (Å²) < 4.78 is 4.94. The molecule has 1 atom stereocenters. The number of hydrogen-bond acceptors (Lipinski definition) is 4. The zero-order chi connectivity index (χ0) is 11.8. The topological polar surface area (TPSA) is 67.6 Å². The predicted molar refractivity (Wildman–Crippen MR) is 63.2 cm³/mol. The minimum Gasteiger partial charge on any atom is -0.383 e.